The van der Waals surface area contributed by atoms with Crippen molar-refractivity contribution in [2.75, 3.05) is 20.1 Å². The maximum Gasteiger partial charge on any atom is 0.276 e. The quantitative estimate of drug-likeness (QED) is 0.649. The van der Waals surface area contributed by atoms with Gasteiger partial charge in [-0.15, -0.1) is 5.10 Å². The molecule has 0 atom stereocenters. The van der Waals surface area contributed by atoms with Gasteiger partial charge in [-0.2, -0.15) is 0 Å². The van der Waals surface area contributed by atoms with Gasteiger partial charge in [0.2, 0.25) is 0 Å². The maximum absolute atomic E-state index is 12.6. The fraction of sp³-hybridized carbons (Fsp3) is 0.438. The molecule has 2 aromatic rings. The Kier molecular flexibility index (Phi) is 5.03. The molecule has 1 aromatic carbocycles. The highest BCUT2D eigenvalue weighted by atomic mass is 16.6. The molecule has 1 saturated heterocycles. The molecule has 2 heterocycles. The molecule has 1 aliphatic rings. The van der Waals surface area contributed by atoms with Gasteiger partial charge in [0.1, 0.15) is 0 Å². The Hall–Kier alpha value is -2.81. The van der Waals surface area contributed by atoms with Gasteiger partial charge in [0.25, 0.3) is 11.6 Å². The van der Waals surface area contributed by atoms with Crippen molar-refractivity contribution in [1.29, 1.82) is 0 Å². The van der Waals surface area contributed by atoms with E-state index in [0.29, 0.717) is 5.56 Å². The molecule has 1 aromatic heterocycles. The number of nitro benzene ring substituents is 1. The second-order valence-corrected chi connectivity index (χ2v) is 6.11. The van der Waals surface area contributed by atoms with Gasteiger partial charge in [-0.1, -0.05) is 23.4 Å². The highest BCUT2D eigenvalue weighted by Gasteiger charge is 2.22. The van der Waals surface area contributed by atoms with Crippen LogP contribution in [0, 0.1) is 10.1 Å². The summed E-state index contributed by atoms with van der Waals surface area (Å²) >= 11 is 0. The minimum Gasteiger partial charge on any atom is -0.336 e. The zero-order chi connectivity index (χ0) is 17.8. The fourth-order valence-electron chi connectivity index (χ4n) is 2.97. The van der Waals surface area contributed by atoms with Gasteiger partial charge in [0.15, 0.2) is 5.69 Å². The monoisotopic (exact) mass is 344 g/mol. The van der Waals surface area contributed by atoms with Crippen LogP contribution in [0.2, 0.25) is 0 Å². The van der Waals surface area contributed by atoms with Crippen LogP contribution >= 0.6 is 0 Å². The number of nitrogens with zero attached hydrogens (tertiary/aromatic N) is 5. The maximum atomic E-state index is 12.6. The molecule has 1 aliphatic heterocycles. The number of aromatic nitrogens is 3. The van der Waals surface area contributed by atoms with Crippen molar-refractivity contribution < 1.29 is 9.72 Å². The van der Waals surface area contributed by atoms with Crippen LogP contribution in [0.1, 0.15) is 34.9 Å². The van der Waals surface area contributed by atoms with Gasteiger partial charge < -0.3 is 10.2 Å². The van der Waals surface area contributed by atoms with Crippen LogP contribution in [0.5, 0.6) is 0 Å². The van der Waals surface area contributed by atoms with Crippen molar-refractivity contribution in [3.63, 3.8) is 0 Å². The summed E-state index contributed by atoms with van der Waals surface area (Å²) in [5.74, 6) is -0.307. The molecule has 0 unspecified atom stereocenters. The number of para-hydroxylation sites is 1. The average molecular weight is 344 g/mol. The summed E-state index contributed by atoms with van der Waals surface area (Å²) in [6.45, 7) is 1.98. The molecule has 1 amide bonds. The Balaban J connectivity index is 1.71. The van der Waals surface area contributed by atoms with Gasteiger partial charge in [-0.3, -0.25) is 14.9 Å². The standard InChI is InChI=1S/C16H20N6O3/c1-20(10-12-4-2-3-5-15(12)22(24)25)16(23)14-11-21(19-18-14)13-6-8-17-9-7-13/h2-5,11,13,17H,6-10H2,1H3. The van der Waals surface area contributed by atoms with Crippen molar-refractivity contribution in [3.8, 4) is 0 Å². The van der Waals surface area contributed by atoms with Crippen molar-refractivity contribution in [3.05, 3.63) is 51.8 Å². The van der Waals surface area contributed by atoms with E-state index in [2.05, 4.69) is 15.6 Å². The van der Waals surface area contributed by atoms with Crippen LogP contribution in [0.15, 0.2) is 30.5 Å². The molecular weight excluding hydrogens is 324 g/mol. The minimum absolute atomic E-state index is 0.000472. The SMILES string of the molecule is CN(Cc1ccccc1[N+](=O)[O-])C(=O)c1cn(C2CCNCC2)nn1. The van der Waals surface area contributed by atoms with Gasteiger partial charge in [-0.05, 0) is 25.9 Å². The first-order valence-electron chi connectivity index (χ1n) is 8.16. The summed E-state index contributed by atoms with van der Waals surface area (Å²) < 4.78 is 1.74. The molecule has 0 bridgehead atoms. The fourth-order valence-corrected chi connectivity index (χ4v) is 2.97. The second-order valence-electron chi connectivity index (χ2n) is 6.11. The van der Waals surface area contributed by atoms with Gasteiger partial charge in [0.05, 0.1) is 23.7 Å². The van der Waals surface area contributed by atoms with Gasteiger partial charge in [0, 0.05) is 18.7 Å². The number of hydrogen-bond acceptors (Lipinski definition) is 6. The molecule has 25 heavy (non-hydrogen) atoms. The molecule has 0 saturated carbocycles. The molecule has 132 valence electrons. The smallest absolute Gasteiger partial charge is 0.276 e. The van der Waals surface area contributed by atoms with Crippen LogP contribution in [0.25, 0.3) is 0 Å². The van der Waals surface area contributed by atoms with E-state index in [0.717, 1.165) is 25.9 Å². The Bertz CT molecular complexity index is 769. The number of amides is 1. The van der Waals surface area contributed by atoms with E-state index < -0.39 is 4.92 Å². The Morgan fingerprint density at radius 2 is 2.12 bits per heavy atom. The van der Waals surface area contributed by atoms with Crippen LogP contribution < -0.4 is 5.32 Å². The molecule has 9 nitrogen and oxygen atoms in total. The van der Waals surface area contributed by atoms with Crippen LogP contribution in [0.3, 0.4) is 0 Å². The molecule has 0 spiro atoms. The third-order valence-electron chi connectivity index (χ3n) is 4.35. The molecule has 3 rings (SSSR count). The zero-order valence-corrected chi connectivity index (χ0v) is 14.0. The highest BCUT2D eigenvalue weighted by Crippen LogP contribution is 2.20. The minimum atomic E-state index is -0.443. The van der Waals surface area contributed by atoms with E-state index in [9.17, 15) is 14.9 Å². The van der Waals surface area contributed by atoms with Crippen molar-refractivity contribution in [1.82, 2.24) is 25.2 Å². The lowest BCUT2D eigenvalue weighted by Gasteiger charge is -2.22. The first kappa shape index (κ1) is 17.0. The second kappa shape index (κ2) is 7.39. The third-order valence-corrected chi connectivity index (χ3v) is 4.35. The molecule has 1 N–H and O–H groups in total. The Labute approximate surface area is 144 Å². The number of rotatable bonds is 5. The summed E-state index contributed by atoms with van der Waals surface area (Å²) in [5, 5.41) is 22.4. The third kappa shape index (κ3) is 3.82. The predicted octanol–water partition coefficient (Wildman–Crippen LogP) is 1.38. The highest BCUT2D eigenvalue weighted by molar-refractivity contribution is 5.91. The summed E-state index contributed by atoms with van der Waals surface area (Å²) in [5.41, 5.74) is 0.731. The topological polar surface area (TPSA) is 106 Å². The van der Waals surface area contributed by atoms with E-state index in [4.69, 9.17) is 0 Å². The molecule has 0 aliphatic carbocycles. The molecule has 1 fully saturated rings. The lowest BCUT2D eigenvalue weighted by Crippen LogP contribution is -2.29. The first-order valence-corrected chi connectivity index (χ1v) is 8.16. The summed E-state index contributed by atoms with van der Waals surface area (Å²) in [4.78, 5) is 24.6. The van der Waals surface area contributed by atoms with Gasteiger partial charge >= 0.3 is 0 Å². The Morgan fingerprint density at radius 3 is 2.84 bits per heavy atom. The first-order chi connectivity index (χ1) is 12.1. The van der Waals surface area contributed by atoms with Crippen LogP contribution in [0.4, 0.5) is 5.69 Å². The van der Waals surface area contributed by atoms with Crippen molar-refractivity contribution >= 4 is 11.6 Å². The largest absolute Gasteiger partial charge is 0.336 e. The van der Waals surface area contributed by atoms with E-state index in [1.807, 2.05) is 0 Å². The summed E-state index contributed by atoms with van der Waals surface area (Å²) in [6, 6.07) is 6.65. The Morgan fingerprint density at radius 1 is 1.40 bits per heavy atom. The van der Waals surface area contributed by atoms with E-state index in [-0.39, 0.29) is 29.9 Å². The number of nitrogens with one attached hydrogen (secondary N) is 1. The average Bonchev–Trinajstić information content (AvgIpc) is 3.12. The molecule has 0 radical (unpaired) electrons. The van der Waals surface area contributed by atoms with Crippen LogP contribution in [-0.2, 0) is 6.54 Å². The summed E-state index contributed by atoms with van der Waals surface area (Å²) in [7, 11) is 1.60. The number of benzene rings is 1. The van der Waals surface area contributed by atoms with Crippen LogP contribution in [-0.4, -0.2) is 50.9 Å². The lowest BCUT2D eigenvalue weighted by molar-refractivity contribution is -0.385. The van der Waals surface area contributed by atoms with Crippen molar-refractivity contribution in [2.24, 2.45) is 0 Å². The van der Waals surface area contributed by atoms with E-state index in [1.165, 1.54) is 11.0 Å². The number of carbonyl (C=O) groups excluding carboxylic acids is 1. The van der Waals surface area contributed by atoms with E-state index >= 15 is 0 Å². The summed E-state index contributed by atoms with van der Waals surface area (Å²) in [6.07, 6.45) is 3.56. The van der Waals surface area contributed by atoms with E-state index in [1.54, 1.807) is 36.1 Å². The lowest BCUT2D eigenvalue weighted by atomic mass is 10.1. The number of nitro groups is 1. The number of carbonyl (C=O) groups is 1. The predicted molar refractivity (Wildman–Crippen MR) is 90.1 cm³/mol. The molecule has 9 heteroatoms. The normalized spacial score (nSPS) is 15.1. The number of hydrogen-bond donors (Lipinski definition) is 1. The molecular formula is C16H20N6O3. The van der Waals surface area contributed by atoms with Gasteiger partial charge in [-0.25, -0.2) is 4.68 Å². The number of piperidine rings is 1. The van der Waals surface area contributed by atoms with Crippen molar-refractivity contribution in [2.45, 2.75) is 25.4 Å². The zero-order valence-electron chi connectivity index (χ0n) is 14.0.